The Kier molecular flexibility index (Phi) is 5.95. The quantitative estimate of drug-likeness (QED) is 0.532. The Labute approximate surface area is 171 Å². The van der Waals surface area contributed by atoms with Crippen molar-refractivity contribution < 1.29 is 22.7 Å². The highest BCUT2D eigenvalue weighted by molar-refractivity contribution is 7.89. The largest absolute Gasteiger partial charge is 0.450 e. The van der Waals surface area contributed by atoms with Gasteiger partial charge < -0.3 is 9.30 Å². The first kappa shape index (κ1) is 21.3. The molecule has 2 heterocycles. The first-order valence-electron chi connectivity index (χ1n) is 9.60. The summed E-state index contributed by atoms with van der Waals surface area (Å²) in [5, 5.41) is 0. The Balaban J connectivity index is 1.78. The Hall–Kier alpha value is -2.45. The SMILES string of the molecule is Cc1ccc(C)c(C(=O)[C@H](C)OC(=O)c2cc(S(=O)(=O)N3CCCC3)cn2C)c1. The van der Waals surface area contributed by atoms with Crippen LogP contribution in [0.1, 0.15) is 51.7 Å². The molecule has 1 fully saturated rings. The number of sulfonamides is 1. The van der Waals surface area contributed by atoms with E-state index < -0.39 is 22.1 Å². The minimum absolute atomic E-state index is 0.0577. The maximum absolute atomic E-state index is 12.7. The van der Waals surface area contributed by atoms with Gasteiger partial charge in [-0.1, -0.05) is 17.7 Å². The van der Waals surface area contributed by atoms with Crippen LogP contribution in [0.25, 0.3) is 0 Å². The summed E-state index contributed by atoms with van der Waals surface area (Å²) in [7, 11) is -2.05. The topological polar surface area (TPSA) is 85.7 Å². The van der Waals surface area contributed by atoms with E-state index in [1.165, 1.54) is 28.1 Å². The van der Waals surface area contributed by atoms with Gasteiger partial charge in [0.1, 0.15) is 10.6 Å². The van der Waals surface area contributed by atoms with Gasteiger partial charge in [0.25, 0.3) is 0 Å². The number of benzene rings is 1. The third-order valence-electron chi connectivity index (χ3n) is 5.20. The minimum Gasteiger partial charge on any atom is -0.450 e. The van der Waals surface area contributed by atoms with Gasteiger partial charge in [-0.15, -0.1) is 0 Å². The van der Waals surface area contributed by atoms with E-state index in [0.717, 1.165) is 24.0 Å². The molecule has 156 valence electrons. The van der Waals surface area contributed by atoms with Gasteiger partial charge in [0.15, 0.2) is 6.10 Å². The molecular weight excluding hydrogens is 392 g/mol. The number of hydrogen-bond donors (Lipinski definition) is 0. The number of nitrogens with zero attached hydrogens (tertiary/aromatic N) is 2. The molecule has 0 unspecified atom stereocenters. The highest BCUT2D eigenvalue weighted by Gasteiger charge is 2.30. The van der Waals surface area contributed by atoms with Crippen LogP contribution in [0.2, 0.25) is 0 Å². The summed E-state index contributed by atoms with van der Waals surface area (Å²) >= 11 is 0. The summed E-state index contributed by atoms with van der Waals surface area (Å²) in [6.45, 7) is 6.21. The van der Waals surface area contributed by atoms with Crippen molar-refractivity contribution in [3.05, 3.63) is 52.8 Å². The fourth-order valence-corrected chi connectivity index (χ4v) is 5.04. The van der Waals surface area contributed by atoms with Gasteiger partial charge in [-0.3, -0.25) is 4.79 Å². The molecule has 0 bridgehead atoms. The van der Waals surface area contributed by atoms with E-state index >= 15 is 0 Å². The second-order valence-electron chi connectivity index (χ2n) is 7.51. The summed E-state index contributed by atoms with van der Waals surface area (Å²) in [5.74, 6) is -1.03. The van der Waals surface area contributed by atoms with E-state index in [-0.39, 0.29) is 16.4 Å². The number of hydrogen-bond acceptors (Lipinski definition) is 5. The predicted octanol–water partition coefficient (Wildman–Crippen LogP) is 2.85. The molecule has 0 N–H and O–H groups in total. The molecule has 1 atom stereocenters. The number of carbonyl (C=O) groups is 2. The van der Waals surface area contributed by atoms with E-state index in [2.05, 4.69) is 0 Å². The summed E-state index contributed by atoms with van der Waals surface area (Å²) in [6.07, 6.45) is 2.08. The monoisotopic (exact) mass is 418 g/mol. The lowest BCUT2D eigenvalue weighted by molar-refractivity contribution is 0.0309. The third kappa shape index (κ3) is 4.28. The summed E-state index contributed by atoms with van der Waals surface area (Å²) in [5.41, 5.74) is 2.34. The maximum atomic E-state index is 12.7. The van der Waals surface area contributed by atoms with E-state index in [9.17, 15) is 18.0 Å². The van der Waals surface area contributed by atoms with Crippen molar-refractivity contribution in [3.8, 4) is 0 Å². The van der Waals surface area contributed by atoms with E-state index in [0.29, 0.717) is 18.7 Å². The molecule has 8 heteroatoms. The van der Waals surface area contributed by atoms with Crippen LogP contribution in [0, 0.1) is 13.8 Å². The highest BCUT2D eigenvalue weighted by Crippen LogP contribution is 2.23. The number of rotatable bonds is 6. The molecule has 1 aromatic carbocycles. The molecule has 0 saturated carbocycles. The molecule has 0 aliphatic carbocycles. The fourth-order valence-electron chi connectivity index (χ4n) is 3.45. The molecule has 0 spiro atoms. The summed E-state index contributed by atoms with van der Waals surface area (Å²) in [6, 6.07) is 6.84. The molecule has 3 rings (SSSR count). The average Bonchev–Trinajstić information content (AvgIpc) is 3.33. The first-order chi connectivity index (χ1) is 13.6. The second kappa shape index (κ2) is 8.12. The third-order valence-corrected chi connectivity index (χ3v) is 7.07. The van der Waals surface area contributed by atoms with Crippen LogP contribution in [0.3, 0.4) is 0 Å². The lowest BCUT2D eigenvalue weighted by Gasteiger charge is -2.14. The van der Waals surface area contributed by atoms with Crippen molar-refractivity contribution in [1.29, 1.82) is 0 Å². The van der Waals surface area contributed by atoms with Crippen LogP contribution in [-0.2, 0) is 21.8 Å². The molecule has 7 nitrogen and oxygen atoms in total. The van der Waals surface area contributed by atoms with Crippen LogP contribution >= 0.6 is 0 Å². The van der Waals surface area contributed by atoms with E-state index in [1.807, 2.05) is 26.0 Å². The standard InChI is InChI=1S/C21H26N2O5S/c1-14-7-8-15(2)18(11-14)20(24)16(3)28-21(25)19-12-17(13-22(19)4)29(26,27)23-9-5-6-10-23/h7-8,11-13,16H,5-6,9-10H2,1-4H3/t16-/m0/s1. The van der Waals surface area contributed by atoms with Crippen molar-refractivity contribution in [3.63, 3.8) is 0 Å². The Morgan fingerprint density at radius 1 is 1.10 bits per heavy atom. The molecule has 0 radical (unpaired) electrons. The summed E-state index contributed by atoms with van der Waals surface area (Å²) < 4.78 is 33.6. The van der Waals surface area contributed by atoms with Gasteiger partial charge >= 0.3 is 5.97 Å². The van der Waals surface area contributed by atoms with Gasteiger partial charge in [-0.2, -0.15) is 4.31 Å². The van der Waals surface area contributed by atoms with E-state index in [4.69, 9.17) is 4.74 Å². The Bertz CT molecular complexity index is 1050. The van der Waals surface area contributed by atoms with Gasteiger partial charge in [0, 0.05) is 31.9 Å². The number of Topliss-reactive ketones (excluding diaryl/α,β-unsaturated/α-hetero) is 1. The van der Waals surface area contributed by atoms with Crippen LogP contribution in [0.4, 0.5) is 0 Å². The first-order valence-corrected chi connectivity index (χ1v) is 11.0. The van der Waals surface area contributed by atoms with E-state index in [1.54, 1.807) is 13.1 Å². The number of aryl methyl sites for hydroxylation is 3. The number of esters is 1. The number of aromatic nitrogens is 1. The average molecular weight is 419 g/mol. The molecule has 1 aliphatic heterocycles. The lowest BCUT2D eigenvalue weighted by Crippen LogP contribution is -2.27. The normalized spacial score (nSPS) is 16.0. The Morgan fingerprint density at radius 2 is 1.76 bits per heavy atom. The van der Waals surface area contributed by atoms with Crippen LogP contribution in [-0.4, -0.2) is 48.2 Å². The van der Waals surface area contributed by atoms with Crippen LogP contribution in [0.5, 0.6) is 0 Å². The lowest BCUT2D eigenvalue weighted by atomic mass is 9.99. The van der Waals surface area contributed by atoms with Gasteiger partial charge in [-0.25, -0.2) is 13.2 Å². The van der Waals surface area contributed by atoms with Gasteiger partial charge in [-0.05, 0) is 51.3 Å². The molecular formula is C21H26N2O5S. The zero-order chi connectivity index (χ0) is 21.3. The smallest absolute Gasteiger partial charge is 0.355 e. The fraction of sp³-hybridized carbons (Fsp3) is 0.429. The minimum atomic E-state index is -3.63. The van der Waals surface area contributed by atoms with Crippen molar-refractivity contribution in [1.82, 2.24) is 8.87 Å². The summed E-state index contributed by atoms with van der Waals surface area (Å²) in [4.78, 5) is 25.4. The molecule has 0 amide bonds. The van der Waals surface area contributed by atoms with Crippen LogP contribution < -0.4 is 0 Å². The zero-order valence-corrected chi connectivity index (χ0v) is 18.0. The molecule has 1 aliphatic rings. The molecule has 29 heavy (non-hydrogen) atoms. The van der Waals surface area contributed by atoms with Gasteiger partial charge in [0.2, 0.25) is 15.8 Å². The molecule has 1 aromatic heterocycles. The molecule has 2 aromatic rings. The van der Waals surface area contributed by atoms with Crippen molar-refractivity contribution in [2.45, 2.75) is 44.6 Å². The zero-order valence-electron chi connectivity index (χ0n) is 17.1. The Morgan fingerprint density at radius 3 is 2.41 bits per heavy atom. The predicted molar refractivity (Wildman–Crippen MR) is 109 cm³/mol. The molecule has 1 saturated heterocycles. The number of ether oxygens (including phenoxy) is 1. The second-order valence-corrected chi connectivity index (χ2v) is 9.45. The number of ketones is 1. The number of carbonyl (C=O) groups excluding carboxylic acids is 2. The maximum Gasteiger partial charge on any atom is 0.355 e. The van der Waals surface area contributed by atoms with Crippen LogP contribution in [0.15, 0.2) is 35.4 Å². The van der Waals surface area contributed by atoms with Crippen molar-refractivity contribution >= 4 is 21.8 Å². The highest BCUT2D eigenvalue weighted by atomic mass is 32.2. The van der Waals surface area contributed by atoms with Crippen molar-refractivity contribution in [2.75, 3.05) is 13.1 Å². The van der Waals surface area contributed by atoms with Crippen molar-refractivity contribution in [2.24, 2.45) is 7.05 Å². The van der Waals surface area contributed by atoms with Gasteiger partial charge in [0.05, 0.1) is 0 Å².